The zero-order chi connectivity index (χ0) is 14.5. The standard InChI is InChI=1S/C16H23NO3/c1-11(12-6-8-15(20-2)9-7-12)17-14-5-3-4-13(10-14)16(18)19/h6-9,11,13-14,17H,3-5,10H2,1-2H3,(H,18,19)/t11-,13?,14?/m0/s1. The summed E-state index contributed by atoms with van der Waals surface area (Å²) in [6, 6.07) is 8.52. The lowest BCUT2D eigenvalue weighted by atomic mass is 9.85. The van der Waals surface area contributed by atoms with Gasteiger partial charge < -0.3 is 15.2 Å². The average molecular weight is 277 g/mol. The molecule has 1 aliphatic rings. The second-order valence-electron chi connectivity index (χ2n) is 5.56. The lowest BCUT2D eigenvalue weighted by molar-refractivity contribution is -0.143. The van der Waals surface area contributed by atoms with Crippen molar-refractivity contribution >= 4 is 5.97 Å². The summed E-state index contributed by atoms with van der Waals surface area (Å²) in [5.41, 5.74) is 1.20. The highest BCUT2D eigenvalue weighted by atomic mass is 16.5. The van der Waals surface area contributed by atoms with Crippen molar-refractivity contribution in [3.8, 4) is 5.75 Å². The molecule has 4 nitrogen and oxygen atoms in total. The van der Waals surface area contributed by atoms with Crippen LogP contribution in [0.5, 0.6) is 5.75 Å². The minimum Gasteiger partial charge on any atom is -0.497 e. The number of hydrogen-bond donors (Lipinski definition) is 2. The molecule has 1 fully saturated rings. The zero-order valence-electron chi connectivity index (χ0n) is 12.1. The summed E-state index contributed by atoms with van der Waals surface area (Å²) in [5.74, 6) is 0.00229. The van der Waals surface area contributed by atoms with Gasteiger partial charge in [-0.15, -0.1) is 0 Å². The highest BCUT2D eigenvalue weighted by Gasteiger charge is 2.27. The van der Waals surface area contributed by atoms with E-state index >= 15 is 0 Å². The maximum Gasteiger partial charge on any atom is 0.306 e. The summed E-state index contributed by atoms with van der Waals surface area (Å²) in [5, 5.41) is 12.7. The molecule has 110 valence electrons. The number of carboxylic acid groups (broad SMARTS) is 1. The van der Waals surface area contributed by atoms with Crippen molar-refractivity contribution in [1.82, 2.24) is 5.32 Å². The summed E-state index contributed by atoms with van der Waals surface area (Å²) in [6.07, 6.45) is 3.59. The van der Waals surface area contributed by atoms with Gasteiger partial charge in [0.2, 0.25) is 0 Å². The van der Waals surface area contributed by atoms with Gasteiger partial charge in [-0.1, -0.05) is 18.6 Å². The van der Waals surface area contributed by atoms with Crippen molar-refractivity contribution in [2.24, 2.45) is 5.92 Å². The van der Waals surface area contributed by atoms with E-state index in [4.69, 9.17) is 9.84 Å². The fourth-order valence-electron chi connectivity index (χ4n) is 2.91. The molecule has 1 aromatic rings. The molecule has 2 rings (SSSR count). The van der Waals surface area contributed by atoms with E-state index in [1.165, 1.54) is 5.56 Å². The van der Waals surface area contributed by atoms with Gasteiger partial charge in [-0.25, -0.2) is 0 Å². The number of carbonyl (C=O) groups is 1. The molecule has 0 spiro atoms. The van der Waals surface area contributed by atoms with Crippen LogP contribution in [0.3, 0.4) is 0 Å². The highest BCUT2D eigenvalue weighted by Crippen LogP contribution is 2.27. The van der Waals surface area contributed by atoms with Crippen molar-refractivity contribution in [2.45, 2.75) is 44.7 Å². The van der Waals surface area contributed by atoms with Crippen LogP contribution in [0.1, 0.15) is 44.2 Å². The van der Waals surface area contributed by atoms with Crippen LogP contribution < -0.4 is 10.1 Å². The van der Waals surface area contributed by atoms with Gasteiger partial charge in [0, 0.05) is 12.1 Å². The van der Waals surface area contributed by atoms with Gasteiger partial charge in [0.25, 0.3) is 0 Å². The lowest BCUT2D eigenvalue weighted by Gasteiger charge is -2.30. The van der Waals surface area contributed by atoms with E-state index in [9.17, 15) is 4.79 Å². The summed E-state index contributed by atoms with van der Waals surface area (Å²) in [4.78, 5) is 11.1. The van der Waals surface area contributed by atoms with E-state index in [0.717, 1.165) is 31.4 Å². The largest absolute Gasteiger partial charge is 0.497 e. The molecule has 1 saturated carbocycles. The Morgan fingerprint density at radius 2 is 2.05 bits per heavy atom. The number of methoxy groups -OCH3 is 1. The normalized spacial score (nSPS) is 24.1. The molecule has 0 radical (unpaired) electrons. The number of aliphatic carboxylic acids is 1. The van der Waals surface area contributed by atoms with E-state index in [1.54, 1.807) is 7.11 Å². The zero-order valence-corrected chi connectivity index (χ0v) is 12.1. The van der Waals surface area contributed by atoms with Gasteiger partial charge in [-0.2, -0.15) is 0 Å². The number of nitrogens with one attached hydrogen (secondary N) is 1. The molecule has 0 bridgehead atoms. The van der Waals surface area contributed by atoms with Gasteiger partial charge in [-0.3, -0.25) is 4.79 Å². The van der Waals surface area contributed by atoms with E-state index in [-0.39, 0.29) is 12.0 Å². The number of ether oxygens (including phenoxy) is 1. The first-order valence-corrected chi connectivity index (χ1v) is 7.23. The number of hydrogen-bond acceptors (Lipinski definition) is 3. The van der Waals surface area contributed by atoms with E-state index in [0.29, 0.717) is 6.04 Å². The van der Waals surface area contributed by atoms with Crippen molar-refractivity contribution in [2.75, 3.05) is 7.11 Å². The van der Waals surface area contributed by atoms with Crippen molar-refractivity contribution in [1.29, 1.82) is 0 Å². The molecule has 1 aliphatic carbocycles. The predicted octanol–water partition coefficient (Wildman–Crippen LogP) is 2.99. The average Bonchev–Trinajstić information content (AvgIpc) is 2.47. The molecule has 2 N–H and O–H groups in total. The van der Waals surface area contributed by atoms with Crippen LogP contribution in [0.15, 0.2) is 24.3 Å². The minimum atomic E-state index is -0.659. The fraction of sp³-hybridized carbons (Fsp3) is 0.562. The third kappa shape index (κ3) is 3.73. The molecule has 20 heavy (non-hydrogen) atoms. The molecule has 4 heteroatoms. The number of carboxylic acids is 1. The van der Waals surface area contributed by atoms with Crippen LogP contribution >= 0.6 is 0 Å². The third-order valence-corrected chi connectivity index (χ3v) is 4.12. The Labute approximate surface area is 120 Å². The van der Waals surface area contributed by atoms with Crippen molar-refractivity contribution < 1.29 is 14.6 Å². The topological polar surface area (TPSA) is 58.6 Å². The molecular formula is C16H23NO3. The van der Waals surface area contributed by atoms with E-state index in [1.807, 2.05) is 24.3 Å². The molecule has 0 heterocycles. The van der Waals surface area contributed by atoms with Crippen molar-refractivity contribution in [3.05, 3.63) is 29.8 Å². The number of rotatable bonds is 5. The quantitative estimate of drug-likeness (QED) is 0.868. The van der Waals surface area contributed by atoms with Gasteiger partial charge in [0.15, 0.2) is 0 Å². The summed E-state index contributed by atoms with van der Waals surface area (Å²) in [6.45, 7) is 2.12. The maximum atomic E-state index is 11.1. The smallest absolute Gasteiger partial charge is 0.306 e. The van der Waals surface area contributed by atoms with Crippen LogP contribution in [0.25, 0.3) is 0 Å². The van der Waals surface area contributed by atoms with Crippen LogP contribution in [0.2, 0.25) is 0 Å². The Morgan fingerprint density at radius 3 is 2.65 bits per heavy atom. The van der Waals surface area contributed by atoms with Crippen LogP contribution in [-0.4, -0.2) is 24.2 Å². The maximum absolute atomic E-state index is 11.1. The molecule has 0 aromatic heterocycles. The molecule has 3 atom stereocenters. The van der Waals surface area contributed by atoms with Crippen LogP contribution in [0, 0.1) is 5.92 Å². The Bertz CT molecular complexity index is 444. The predicted molar refractivity (Wildman–Crippen MR) is 77.9 cm³/mol. The van der Waals surface area contributed by atoms with Crippen LogP contribution in [0.4, 0.5) is 0 Å². The molecule has 2 unspecified atom stereocenters. The molecular weight excluding hydrogens is 254 g/mol. The van der Waals surface area contributed by atoms with Gasteiger partial charge in [0.1, 0.15) is 5.75 Å². The van der Waals surface area contributed by atoms with E-state index < -0.39 is 5.97 Å². The SMILES string of the molecule is COc1ccc([C@H](C)NC2CCCC(C(=O)O)C2)cc1. The van der Waals surface area contributed by atoms with Crippen molar-refractivity contribution in [3.63, 3.8) is 0 Å². The fourth-order valence-corrected chi connectivity index (χ4v) is 2.91. The van der Waals surface area contributed by atoms with Gasteiger partial charge >= 0.3 is 5.97 Å². The highest BCUT2D eigenvalue weighted by molar-refractivity contribution is 5.70. The van der Waals surface area contributed by atoms with Crippen LogP contribution in [-0.2, 0) is 4.79 Å². The first-order valence-electron chi connectivity index (χ1n) is 7.23. The second kappa shape index (κ2) is 6.75. The molecule has 1 aromatic carbocycles. The Hall–Kier alpha value is -1.55. The molecule has 0 amide bonds. The first-order chi connectivity index (χ1) is 9.60. The first kappa shape index (κ1) is 14.9. The lowest BCUT2D eigenvalue weighted by Crippen LogP contribution is -2.37. The van der Waals surface area contributed by atoms with Gasteiger partial charge in [0.05, 0.1) is 13.0 Å². The Kier molecular flexibility index (Phi) is 5.01. The Morgan fingerprint density at radius 1 is 1.35 bits per heavy atom. The minimum absolute atomic E-state index is 0.190. The van der Waals surface area contributed by atoms with Gasteiger partial charge in [-0.05, 0) is 43.9 Å². The molecule has 0 saturated heterocycles. The summed E-state index contributed by atoms with van der Waals surface area (Å²) < 4.78 is 5.15. The summed E-state index contributed by atoms with van der Waals surface area (Å²) >= 11 is 0. The Balaban J connectivity index is 1.92. The second-order valence-corrected chi connectivity index (χ2v) is 5.56. The third-order valence-electron chi connectivity index (χ3n) is 4.12. The molecule has 0 aliphatic heterocycles. The monoisotopic (exact) mass is 277 g/mol. The number of benzene rings is 1. The summed E-state index contributed by atoms with van der Waals surface area (Å²) in [7, 11) is 1.66. The van der Waals surface area contributed by atoms with E-state index in [2.05, 4.69) is 12.2 Å².